The second-order valence-electron chi connectivity index (χ2n) is 4.38. The Kier molecular flexibility index (Phi) is 3.55. The van der Waals surface area contributed by atoms with Crippen molar-refractivity contribution in [3.8, 4) is 0 Å². The molecule has 2 rings (SSSR count). The van der Waals surface area contributed by atoms with E-state index in [1.54, 1.807) is 0 Å². The van der Waals surface area contributed by atoms with Gasteiger partial charge >= 0.3 is 5.97 Å². The summed E-state index contributed by atoms with van der Waals surface area (Å²) in [5.74, 6) is -2.47. The van der Waals surface area contributed by atoms with Gasteiger partial charge < -0.3 is 10.4 Å². The minimum atomic E-state index is -0.866. The van der Waals surface area contributed by atoms with Crippen molar-refractivity contribution in [3.63, 3.8) is 0 Å². The van der Waals surface area contributed by atoms with Crippen LogP contribution in [-0.4, -0.2) is 22.0 Å². The van der Waals surface area contributed by atoms with Gasteiger partial charge in [0, 0.05) is 5.92 Å². The van der Waals surface area contributed by atoms with Crippen LogP contribution in [0.4, 0.5) is 10.2 Å². The van der Waals surface area contributed by atoms with Gasteiger partial charge in [0.15, 0.2) is 0 Å². The number of pyridine rings is 1. The van der Waals surface area contributed by atoms with Gasteiger partial charge in [-0.05, 0) is 31.4 Å². The molecule has 0 unspecified atom stereocenters. The van der Waals surface area contributed by atoms with E-state index < -0.39 is 17.8 Å². The first kappa shape index (κ1) is 12.5. The van der Waals surface area contributed by atoms with E-state index in [0.717, 1.165) is 0 Å². The minimum Gasteiger partial charge on any atom is -0.481 e. The van der Waals surface area contributed by atoms with Gasteiger partial charge in [0.2, 0.25) is 11.9 Å². The highest BCUT2D eigenvalue weighted by Crippen LogP contribution is 2.31. The molecule has 0 saturated heterocycles. The molecule has 0 aliphatic heterocycles. The SMILES string of the molecule is O=C(O)[C@H]1CC[C@@H](C(=O)Nc2cccc(F)n2)C1. The van der Waals surface area contributed by atoms with Crippen molar-refractivity contribution in [2.75, 3.05) is 5.32 Å². The number of amides is 1. The molecule has 1 aliphatic carbocycles. The number of halogens is 1. The van der Waals surface area contributed by atoms with E-state index in [0.29, 0.717) is 19.3 Å². The van der Waals surface area contributed by atoms with E-state index in [1.807, 2.05) is 0 Å². The number of hydrogen-bond acceptors (Lipinski definition) is 3. The summed E-state index contributed by atoms with van der Waals surface area (Å²) in [5.41, 5.74) is 0. The molecule has 1 heterocycles. The normalized spacial score (nSPS) is 22.7. The van der Waals surface area contributed by atoms with Crippen LogP contribution in [0.1, 0.15) is 19.3 Å². The van der Waals surface area contributed by atoms with Gasteiger partial charge in [0.1, 0.15) is 5.82 Å². The highest BCUT2D eigenvalue weighted by atomic mass is 19.1. The van der Waals surface area contributed by atoms with Crippen molar-refractivity contribution in [2.24, 2.45) is 11.8 Å². The molecule has 0 radical (unpaired) electrons. The molecule has 1 amide bonds. The third kappa shape index (κ3) is 2.82. The summed E-state index contributed by atoms with van der Waals surface area (Å²) in [5, 5.41) is 11.3. The highest BCUT2D eigenvalue weighted by Gasteiger charge is 2.33. The molecule has 2 N–H and O–H groups in total. The molecule has 0 spiro atoms. The number of nitrogens with zero attached hydrogens (tertiary/aromatic N) is 1. The number of carbonyl (C=O) groups is 2. The second kappa shape index (κ2) is 5.12. The van der Waals surface area contributed by atoms with Crippen LogP contribution in [0.15, 0.2) is 18.2 Å². The molecule has 2 atom stereocenters. The summed E-state index contributed by atoms with van der Waals surface area (Å²) >= 11 is 0. The van der Waals surface area contributed by atoms with Gasteiger partial charge in [0.25, 0.3) is 0 Å². The first-order valence-electron chi connectivity index (χ1n) is 5.72. The fourth-order valence-corrected chi connectivity index (χ4v) is 2.15. The van der Waals surface area contributed by atoms with Crippen LogP contribution in [0.25, 0.3) is 0 Å². The quantitative estimate of drug-likeness (QED) is 0.802. The summed E-state index contributed by atoms with van der Waals surface area (Å²) < 4.78 is 12.8. The molecule has 1 aromatic rings. The average Bonchev–Trinajstić information content (AvgIpc) is 2.78. The third-order valence-corrected chi connectivity index (χ3v) is 3.12. The molecule has 6 heteroatoms. The molecule has 1 aromatic heterocycles. The Morgan fingerprint density at radius 3 is 2.67 bits per heavy atom. The zero-order valence-electron chi connectivity index (χ0n) is 9.60. The number of anilines is 1. The van der Waals surface area contributed by atoms with E-state index in [-0.39, 0.29) is 17.6 Å². The van der Waals surface area contributed by atoms with Crippen molar-refractivity contribution in [1.82, 2.24) is 4.98 Å². The lowest BCUT2D eigenvalue weighted by molar-refractivity contribution is -0.141. The van der Waals surface area contributed by atoms with E-state index in [1.165, 1.54) is 18.2 Å². The van der Waals surface area contributed by atoms with Gasteiger partial charge in [-0.25, -0.2) is 4.98 Å². The van der Waals surface area contributed by atoms with Gasteiger partial charge in [-0.15, -0.1) is 0 Å². The van der Waals surface area contributed by atoms with Crippen LogP contribution in [0.2, 0.25) is 0 Å². The highest BCUT2D eigenvalue weighted by molar-refractivity contribution is 5.92. The second-order valence-corrected chi connectivity index (χ2v) is 4.38. The van der Waals surface area contributed by atoms with Crippen molar-refractivity contribution < 1.29 is 19.1 Å². The zero-order valence-corrected chi connectivity index (χ0v) is 9.60. The van der Waals surface area contributed by atoms with E-state index >= 15 is 0 Å². The Labute approximate surface area is 103 Å². The molecule has 1 aliphatic rings. The Morgan fingerprint density at radius 1 is 1.33 bits per heavy atom. The molecule has 5 nitrogen and oxygen atoms in total. The van der Waals surface area contributed by atoms with Gasteiger partial charge in [-0.1, -0.05) is 6.07 Å². The number of carboxylic acids is 1. The molecule has 1 fully saturated rings. The molecule has 18 heavy (non-hydrogen) atoms. The summed E-state index contributed by atoms with van der Waals surface area (Å²) in [6, 6.07) is 4.13. The lowest BCUT2D eigenvalue weighted by Crippen LogP contribution is -2.22. The number of rotatable bonds is 3. The van der Waals surface area contributed by atoms with E-state index in [2.05, 4.69) is 10.3 Å². The molecular formula is C12H13FN2O3. The summed E-state index contributed by atoms with van der Waals surface area (Å²) in [6.07, 6.45) is 1.37. The topological polar surface area (TPSA) is 79.3 Å². The van der Waals surface area contributed by atoms with Crippen molar-refractivity contribution in [3.05, 3.63) is 24.1 Å². The Balaban J connectivity index is 1.95. The first-order valence-corrected chi connectivity index (χ1v) is 5.72. The predicted molar refractivity (Wildman–Crippen MR) is 61.3 cm³/mol. The zero-order chi connectivity index (χ0) is 13.1. The largest absolute Gasteiger partial charge is 0.481 e. The molecule has 0 aromatic carbocycles. The standard InChI is InChI=1S/C12H13FN2O3/c13-9-2-1-3-10(14-9)15-11(16)7-4-5-8(6-7)12(17)18/h1-3,7-8H,4-6H2,(H,17,18)(H,14,15,16)/t7-,8+/m1/s1. The van der Waals surface area contributed by atoms with Crippen LogP contribution < -0.4 is 5.32 Å². The predicted octanol–water partition coefficient (Wildman–Crippen LogP) is 1.66. The van der Waals surface area contributed by atoms with Gasteiger partial charge in [-0.3, -0.25) is 9.59 Å². The first-order chi connectivity index (χ1) is 8.56. The van der Waals surface area contributed by atoms with Gasteiger partial charge in [0.05, 0.1) is 5.92 Å². The van der Waals surface area contributed by atoms with Crippen LogP contribution >= 0.6 is 0 Å². The maximum atomic E-state index is 12.8. The summed E-state index contributed by atoms with van der Waals surface area (Å²) in [4.78, 5) is 26.1. The Bertz CT molecular complexity index is 478. The Hall–Kier alpha value is -1.98. The van der Waals surface area contributed by atoms with Crippen LogP contribution in [-0.2, 0) is 9.59 Å². The summed E-state index contributed by atoms with van der Waals surface area (Å²) in [6.45, 7) is 0. The monoisotopic (exact) mass is 252 g/mol. The number of carbonyl (C=O) groups excluding carboxylic acids is 1. The fourth-order valence-electron chi connectivity index (χ4n) is 2.15. The summed E-state index contributed by atoms with van der Waals surface area (Å²) in [7, 11) is 0. The fraction of sp³-hybridized carbons (Fsp3) is 0.417. The average molecular weight is 252 g/mol. The maximum absolute atomic E-state index is 12.8. The van der Waals surface area contributed by atoms with E-state index in [4.69, 9.17) is 5.11 Å². The minimum absolute atomic E-state index is 0.152. The van der Waals surface area contributed by atoms with Crippen molar-refractivity contribution in [2.45, 2.75) is 19.3 Å². The molecule has 96 valence electrons. The molecule has 1 saturated carbocycles. The van der Waals surface area contributed by atoms with Crippen LogP contribution in [0, 0.1) is 17.8 Å². The molecular weight excluding hydrogens is 239 g/mol. The number of carboxylic acid groups (broad SMARTS) is 1. The van der Waals surface area contributed by atoms with Crippen molar-refractivity contribution in [1.29, 1.82) is 0 Å². The maximum Gasteiger partial charge on any atom is 0.306 e. The smallest absolute Gasteiger partial charge is 0.306 e. The lowest BCUT2D eigenvalue weighted by Gasteiger charge is -2.09. The lowest BCUT2D eigenvalue weighted by atomic mass is 10.0. The third-order valence-electron chi connectivity index (χ3n) is 3.12. The Morgan fingerprint density at radius 2 is 2.06 bits per heavy atom. The van der Waals surface area contributed by atoms with Crippen molar-refractivity contribution >= 4 is 17.7 Å². The van der Waals surface area contributed by atoms with E-state index in [9.17, 15) is 14.0 Å². The van der Waals surface area contributed by atoms with Crippen LogP contribution in [0.3, 0.4) is 0 Å². The van der Waals surface area contributed by atoms with Gasteiger partial charge in [-0.2, -0.15) is 4.39 Å². The number of hydrogen-bond donors (Lipinski definition) is 2. The number of aliphatic carboxylic acids is 1. The number of nitrogens with one attached hydrogen (secondary N) is 1. The van der Waals surface area contributed by atoms with Crippen LogP contribution in [0.5, 0.6) is 0 Å². The number of aromatic nitrogens is 1. The molecule has 0 bridgehead atoms.